The lowest BCUT2D eigenvalue weighted by Crippen LogP contribution is -2.48. The molecule has 5 heteroatoms. The molecule has 4 nitrogen and oxygen atoms in total. The fourth-order valence-corrected chi connectivity index (χ4v) is 3.50. The molecule has 1 heterocycles. The van der Waals surface area contributed by atoms with Crippen LogP contribution in [0.1, 0.15) is 51.9 Å². The highest BCUT2D eigenvalue weighted by molar-refractivity contribution is 5.85. The predicted molar refractivity (Wildman–Crippen MR) is 87.5 cm³/mol. The lowest BCUT2D eigenvalue weighted by Gasteiger charge is -2.30. The number of hydrogen-bond donors (Lipinski definition) is 2. The lowest BCUT2D eigenvalue weighted by molar-refractivity contribution is -0.124. The zero-order valence-corrected chi connectivity index (χ0v) is 14.0. The van der Waals surface area contributed by atoms with Gasteiger partial charge in [-0.2, -0.15) is 0 Å². The van der Waals surface area contributed by atoms with Crippen molar-refractivity contribution >= 4 is 18.3 Å². The Balaban J connectivity index is 0.00000220. The quantitative estimate of drug-likeness (QED) is 0.818. The minimum absolute atomic E-state index is 0. The molecule has 2 aliphatic rings. The number of amides is 1. The Morgan fingerprint density at radius 3 is 2.29 bits per heavy atom. The van der Waals surface area contributed by atoms with E-state index in [0.29, 0.717) is 11.8 Å². The van der Waals surface area contributed by atoms with Gasteiger partial charge in [0.05, 0.1) is 6.04 Å². The topological polar surface area (TPSA) is 64.4 Å². The van der Waals surface area contributed by atoms with Gasteiger partial charge in [0.15, 0.2) is 0 Å². The van der Waals surface area contributed by atoms with Gasteiger partial charge in [0, 0.05) is 19.8 Å². The molecule has 124 valence electrons. The van der Waals surface area contributed by atoms with E-state index in [4.69, 9.17) is 10.5 Å². The summed E-state index contributed by atoms with van der Waals surface area (Å²) in [5, 5.41) is 3.08. The molecule has 0 aromatic carbocycles. The number of nitrogens with one attached hydrogen (secondary N) is 1. The van der Waals surface area contributed by atoms with Crippen molar-refractivity contribution in [1.82, 2.24) is 5.32 Å². The summed E-state index contributed by atoms with van der Waals surface area (Å²) < 4.78 is 5.32. The fraction of sp³-hybridized carbons (Fsp3) is 0.938. The summed E-state index contributed by atoms with van der Waals surface area (Å²) in [6.45, 7) is 4.57. The number of carbonyl (C=O) groups excluding carboxylic acids is 1. The van der Waals surface area contributed by atoms with Gasteiger partial charge < -0.3 is 15.8 Å². The second-order valence-electron chi connectivity index (χ2n) is 6.52. The van der Waals surface area contributed by atoms with Gasteiger partial charge in [0.1, 0.15) is 0 Å². The first-order chi connectivity index (χ1) is 9.70. The normalized spacial score (nSPS) is 28.5. The van der Waals surface area contributed by atoms with Crippen molar-refractivity contribution in [3.8, 4) is 0 Å². The van der Waals surface area contributed by atoms with E-state index in [1.54, 1.807) is 0 Å². The fourth-order valence-electron chi connectivity index (χ4n) is 3.50. The van der Waals surface area contributed by atoms with E-state index >= 15 is 0 Å². The van der Waals surface area contributed by atoms with Crippen LogP contribution in [-0.4, -0.2) is 31.7 Å². The van der Waals surface area contributed by atoms with E-state index in [9.17, 15) is 4.79 Å². The zero-order chi connectivity index (χ0) is 14.4. The molecule has 1 atom stereocenters. The van der Waals surface area contributed by atoms with Gasteiger partial charge in [-0.05, 0) is 43.4 Å². The number of hydrogen-bond acceptors (Lipinski definition) is 3. The molecule has 1 saturated carbocycles. The molecule has 1 amide bonds. The van der Waals surface area contributed by atoms with Crippen LogP contribution in [0.3, 0.4) is 0 Å². The lowest BCUT2D eigenvalue weighted by atomic mass is 9.81. The molecule has 1 saturated heterocycles. The van der Waals surface area contributed by atoms with E-state index in [2.05, 4.69) is 12.2 Å². The third kappa shape index (κ3) is 5.76. The maximum Gasteiger partial charge on any atom is 0.237 e. The van der Waals surface area contributed by atoms with Crippen molar-refractivity contribution in [2.75, 3.05) is 19.8 Å². The van der Waals surface area contributed by atoms with Crippen molar-refractivity contribution in [3.05, 3.63) is 0 Å². The van der Waals surface area contributed by atoms with Crippen LogP contribution >= 0.6 is 12.4 Å². The summed E-state index contributed by atoms with van der Waals surface area (Å²) in [6.07, 6.45) is 8.28. The van der Waals surface area contributed by atoms with Crippen LogP contribution in [-0.2, 0) is 9.53 Å². The first-order valence-corrected chi connectivity index (χ1v) is 8.31. The Morgan fingerprint density at radius 1 is 1.14 bits per heavy atom. The third-order valence-electron chi connectivity index (χ3n) is 5.19. The van der Waals surface area contributed by atoms with Crippen LogP contribution in [0.2, 0.25) is 0 Å². The molecule has 0 spiro atoms. The van der Waals surface area contributed by atoms with Crippen molar-refractivity contribution < 1.29 is 9.53 Å². The number of halogens is 1. The van der Waals surface area contributed by atoms with E-state index in [1.165, 1.54) is 32.1 Å². The second kappa shape index (κ2) is 9.65. The number of rotatable bonds is 5. The van der Waals surface area contributed by atoms with Gasteiger partial charge in [0.25, 0.3) is 0 Å². The average molecular weight is 319 g/mol. The van der Waals surface area contributed by atoms with Crippen LogP contribution in [0.25, 0.3) is 0 Å². The Bertz CT molecular complexity index is 301. The molecule has 2 fully saturated rings. The Morgan fingerprint density at radius 2 is 1.71 bits per heavy atom. The second-order valence-corrected chi connectivity index (χ2v) is 6.52. The zero-order valence-electron chi connectivity index (χ0n) is 13.2. The van der Waals surface area contributed by atoms with Gasteiger partial charge in [-0.15, -0.1) is 12.4 Å². The number of carbonyl (C=O) groups is 1. The minimum atomic E-state index is -0.356. The third-order valence-corrected chi connectivity index (χ3v) is 5.19. The van der Waals surface area contributed by atoms with Crippen molar-refractivity contribution in [2.24, 2.45) is 23.5 Å². The Hall–Kier alpha value is -0.320. The number of ether oxygens (including phenoxy) is 1. The van der Waals surface area contributed by atoms with Gasteiger partial charge in [-0.3, -0.25) is 4.79 Å². The van der Waals surface area contributed by atoms with Crippen LogP contribution in [0.4, 0.5) is 0 Å². The first kappa shape index (κ1) is 18.7. The summed E-state index contributed by atoms with van der Waals surface area (Å²) in [4.78, 5) is 12.1. The molecule has 1 unspecified atom stereocenters. The smallest absolute Gasteiger partial charge is 0.237 e. The highest BCUT2D eigenvalue weighted by Gasteiger charge is 2.27. The van der Waals surface area contributed by atoms with Crippen LogP contribution in [0.5, 0.6) is 0 Å². The van der Waals surface area contributed by atoms with E-state index < -0.39 is 0 Å². The van der Waals surface area contributed by atoms with Crippen molar-refractivity contribution in [3.63, 3.8) is 0 Å². The van der Waals surface area contributed by atoms with Crippen LogP contribution in [0, 0.1) is 17.8 Å². The average Bonchev–Trinajstić information content (AvgIpc) is 2.53. The molecule has 21 heavy (non-hydrogen) atoms. The maximum absolute atomic E-state index is 12.1. The predicted octanol–water partition coefficient (Wildman–Crippen LogP) is 2.49. The molecular formula is C16H31ClN2O2. The minimum Gasteiger partial charge on any atom is -0.381 e. The maximum atomic E-state index is 12.1. The molecule has 0 radical (unpaired) electrons. The molecule has 1 aliphatic heterocycles. The van der Waals surface area contributed by atoms with Gasteiger partial charge in [-0.25, -0.2) is 0 Å². The highest BCUT2D eigenvalue weighted by Crippen LogP contribution is 2.30. The largest absolute Gasteiger partial charge is 0.381 e. The monoisotopic (exact) mass is 318 g/mol. The summed E-state index contributed by atoms with van der Waals surface area (Å²) in [6, 6.07) is -0.356. The first-order valence-electron chi connectivity index (χ1n) is 8.31. The van der Waals surface area contributed by atoms with Crippen LogP contribution < -0.4 is 11.1 Å². The van der Waals surface area contributed by atoms with Gasteiger partial charge in [-0.1, -0.05) is 26.2 Å². The van der Waals surface area contributed by atoms with E-state index in [0.717, 1.165) is 38.5 Å². The SMILES string of the molecule is CCC1CCC(CNC(=O)C(N)C2CCOCC2)CC1.Cl. The molecule has 0 bridgehead atoms. The standard InChI is InChI=1S/C16H30N2O2.ClH/c1-2-12-3-5-13(6-4-12)11-18-16(19)15(17)14-7-9-20-10-8-14;/h12-15H,2-11,17H2,1H3,(H,18,19);1H. The summed E-state index contributed by atoms with van der Waals surface area (Å²) >= 11 is 0. The molecule has 3 N–H and O–H groups in total. The number of nitrogens with two attached hydrogens (primary N) is 1. The molecule has 0 aromatic heterocycles. The summed E-state index contributed by atoms with van der Waals surface area (Å²) in [5.74, 6) is 1.89. The molecule has 0 aromatic rings. The summed E-state index contributed by atoms with van der Waals surface area (Å²) in [7, 11) is 0. The van der Waals surface area contributed by atoms with Crippen molar-refractivity contribution in [1.29, 1.82) is 0 Å². The Labute approximate surface area is 135 Å². The summed E-state index contributed by atoms with van der Waals surface area (Å²) in [5.41, 5.74) is 6.08. The molecule has 1 aliphatic carbocycles. The highest BCUT2D eigenvalue weighted by atomic mass is 35.5. The Kier molecular flexibility index (Phi) is 8.60. The van der Waals surface area contributed by atoms with E-state index in [1.807, 2.05) is 0 Å². The van der Waals surface area contributed by atoms with Gasteiger partial charge in [0.2, 0.25) is 5.91 Å². The van der Waals surface area contributed by atoms with Crippen LogP contribution in [0.15, 0.2) is 0 Å². The van der Waals surface area contributed by atoms with Gasteiger partial charge >= 0.3 is 0 Å². The molecular weight excluding hydrogens is 288 g/mol. The van der Waals surface area contributed by atoms with Crippen molar-refractivity contribution in [2.45, 2.75) is 57.9 Å². The van der Waals surface area contributed by atoms with E-state index in [-0.39, 0.29) is 24.4 Å². The molecule has 2 rings (SSSR count).